The Bertz CT molecular complexity index is 372. The Morgan fingerprint density at radius 2 is 1.52 bits per heavy atom. The summed E-state index contributed by atoms with van der Waals surface area (Å²) >= 11 is 0. The molecule has 0 bridgehead atoms. The van der Waals surface area contributed by atoms with E-state index in [1.807, 2.05) is 17.2 Å². The molecule has 0 unspecified atom stereocenters. The van der Waals surface area contributed by atoms with Gasteiger partial charge in [-0.2, -0.15) is 9.86 Å². The molecule has 0 saturated heterocycles. The molecule has 1 N–H and O–H groups in total. The predicted molar refractivity (Wildman–Crippen MR) is 104 cm³/mol. The zero-order valence-corrected chi connectivity index (χ0v) is 16.9. The monoisotopic (exact) mass is 344 g/mol. The molecule has 7 heteroatoms. The number of unbranched alkanes of at least 4 members (excludes halogenated alkanes) is 1. The Morgan fingerprint density at radius 1 is 1.00 bits per heavy atom. The molecule has 0 atom stereocenters. The summed E-state index contributed by atoms with van der Waals surface area (Å²) in [7, 11) is 8.52. The van der Waals surface area contributed by atoms with Crippen molar-refractivity contribution in [2.75, 3.05) is 61.5 Å². The Labute approximate surface area is 144 Å². The van der Waals surface area contributed by atoms with Crippen molar-refractivity contribution in [3.63, 3.8) is 0 Å². The van der Waals surface area contributed by atoms with Gasteiger partial charge in [0.15, 0.2) is 7.51 Å². The van der Waals surface area contributed by atoms with Crippen LogP contribution in [0.2, 0.25) is 0 Å². The standard InChI is InChI=1S/C16H37N6P/c1-9-12-13-17-16-21(8)23(19(4)5,20(6)7)18-22(14-10-2)15-11-3/h10-11,17H,2-3,9,12-16H2,1,4-8H3. The molecular weight excluding hydrogens is 307 g/mol. The molecule has 0 saturated carbocycles. The highest BCUT2D eigenvalue weighted by Gasteiger charge is 2.31. The van der Waals surface area contributed by atoms with E-state index in [0.717, 1.165) is 13.2 Å². The predicted octanol–water partition coefficient (Wildman–Crippen LogP) is 2.92. The quantitative estimate of drug-likeness (QED) is 0.183. The van der Waals surface area contributed by atoms with Crippen LogP contribution in [-0.4, -0.2) is 80.6 Å². The molecule has 0 fully saturated rings. The lowest BCUT2D eigenvalue weighted by molar-refractivity contribution is 0.329. The number of hydrogen-bond donors (Lipinski definition) is 1. The smallest absolute Gasteiger partial charge is 0.185 e. The molecule has 23 heavy (non-hydrogen) atoms. The molecule has 0 amide bonds. The molecule has 0 aromatic rings. The average molecular weight is 344 g/mol. The van der Waals surface area contributed by atoms with E-state index in [4.69, 9.17) is 4.85 Å². The first-order valence-electron chi connectivity index (χ1n) is 8.23. The van der Waals surface area contributed by atoms with E-state index in [0.29, 0.717) is 13.1 Å². The first-order valence-corrected chi connectivity index (χ1v) is 9.83. The minimum Gasteiger partial charge on any atom is -0.304 e. The molecule has 0 spiro atoms. The highest BCUT2D eigenvalue weighted by molar-refractivity contribution is 7.58. The molecule has 0 aliphatic rings. The van der Waals surface area contributed by atoms with Crippen molar-refractivity contribution in [1.82, 2.24) is 24.3 Å². The van der Waals surface area contributed by atoms with Crippen LogP contribution in [0.4, 0.5) is 0 Å². The van der Waals surface area contributed by atoms with Crippen LogP contribution < -0.4 is 5.32 Å². The van der Waals surface area contributed by atoms with Crippen LogP contribution in [0.1, 0.15) is 19.8 Å². The van der Waals surface area contributed by atoms with Gasteiger partial charge >= 0.3 is 0 Å². The van der Waals surface area contributed by atoms with Crippen molar-refractivity contribution >= 4 is 7.51 Å². The largest absolute Gasteiger partial charge is 0.304 e. The third-order valence-corrected chi connectivity index (χ3v) is 7.20. The Morgan fingerprint density at radius 3 is 1.91 bits per heavy atom. The average Bonchev–Trinajstić information content (AvgIpc) is 2.48. The SMILES string of the molecule is C=CCN(CC=C)N=P(N(C)C)(N(C)C)N(C)CNCCCC. The lowest BCUT2D eigenvalue weighted by Crippen LogP contribution is -2.39. The highest BCUT2D eigenvalue weighted by atomic mass is 31.2. The molecule has 0 aliphatic carbocycles. The van der Waals surface area contributed by atoms with Gasteiger partial charge in [-0.25, -0.2) is 4.67 Å². The number of nitrogens with zero attached hydrogens (tertiary/aromatic N) is 5. The van der Waals surface area contributed by atoms with Crippen LogP contribution in [0.25, 0.3) is 0 Å². The fourth-order valence-electron chi connectivity index (χ4n) is 2.45. The van der Waals surface area contributed by atoms with Crippen LogP contribution in [0, 0.1) is 0 Å². The van der Waals surface area contributed by atoms with Gasteiger partial charge in [0.05, 0.1) is 6.67 Å². The molecule has 0 aromatic heterocycles. The van der Waals surface area contributed by atoms with Gasteiger partial charge < -0.3 is 5.32 Å². The molecule has 0 heterocycles. The number of hydrogen-bond acceptors (Lipinski definition) is 2. The van der Waals surface area contributed by atoms with Gasteiger partial charge in [-0.1, -0.05) is 25.5 Å². The third-order valence-electron chi connectivity index (χ3n) is 3.51. The summed E-state index contributed by atoms with van der Waals surface area (Å²) in [6.07, 6.45) is 6.16. The van der Waals surface area contributed by atoms with Crippen LogP contribution in [0.5, 0.6) is 0 Å². The fraction of sp³-hybridized carbons (Fsp3) is 0.750. The summed E-state index contributed by atoms with van der Waals surface area (Å²) in [6.45, 7) is 13.2. The Hall–Kier alpha value is -0.490. The van der Waals surface area contributed by atoms with E-state index in [1.54, 1.807) is 0 Å². The summed E-state index contributed by atoms with van der Waals surface area (Å²) in [6, 6.07) is 0. The zero-order valence-electron chi connectivity index (χ0n) is 16.0. The molecule has 0 radical (unpaired) electrons. The lowest BCUT2D eigenvalue weighted by atomic mass is 10.3. The van der Waals surface area contributed by atoms with Gasteiger partial charge in [0, 0.05) is 13.1 Å². The maximum absolute atomic E-state index is 5.12. The van der Waals surface area contributed by atoms with Crippen molar-refractivity contribution in [3.8, 4) is 0 Å². The van der Waals surface area contributed by atoms with Crippen molar-refractivity contribution in [3.05, 3.63) is 25.3 Å². The van der Waals surface area contributed by atoms with E-state index in [9.17, 15) is 0 Å². The van der Waals surface area contributed by atoms with Gasteiger partial charge in [-0.15, -0.1) is 13.2 Å². The summed E-state index contributed by atoms with van der Waals surface area (Å²) in [5.74, 6) is 0. The topological polar surface area (TPSA) is 37.4 Å². The van der Waals surface area contributed by atoms with Gasteiger partial charge in [-0.05, 0) is 48.2 Å². The zero-order chi connectivity index (χ0) is 17.9. The summed E-state index contributed by atoms with van der Waals surface area (Å²) in [5, 5.41) is 5.56. The molecule has 0 aromatic carbocycles. The molecular formula is C16H37N6P. The molecule has 0 aliphatic heterocycles. The molecule has 0 rings (SSSR count). The molecule has 136 valence electrons. The van der Waals surface area contributed by atoms with E-state index < -0.39 is 7.51 Å². The fourth-order valence-corrected chi connectivity index (χ4v) is 5.62. The lowest BCUT2D eigenvalue weighted by Gasteiger charge is -2.43. The van der Waals surface area contributed by atoms with Gasteiger partial charge in [0.2, 0.25) is 0 Å². The van der Waals surface area contributed by atoms with Crippen LogP contribution in [0.15, 0.2) is 30.2 Å². The van der Waals surface area contributed by atoms with Crippen molar-refractivity contribution in [2.24, 2.45) is 4.85 Å². The number of rotatable bonds is 13. The minimum absolute atomic E-state index is 0.715. The summed E-state index contributed by atoms with van der Waals surface area (Å²) in [4.78, 5) is 5.12. The van der Waals surface area contributed by atoms with Crippen LogP contribution in [-0.2, 0) is 0 Å². The summed E-state index contributed by atoms with van der Waals surface area (Å²) in [5.41, 5.74) is 0. The first kappa shape index (κ1) is 22.5. The van der Waals surface area contributed by atoms with E-state index in [-0.39, 0.29) is 0 Å². The second-order valence-electron chi connectivity index (χ2n) is 5.94. The van der Waals surface area contributed by atoms with E-state index in [2.05, 4.69) is 74.6 Å². The Kier molecular flexibility index (Phi) is 11.7. The Balaban J connectivity index is 5.51. The van der Waals surface area contributed by atoms with E-state index in [1.165, 1.54) is 12.8 Å². The summed E-state index contributed by atoms with van der Waals surface area (Å²) < 4.78 is 6.78. The normalized spacial score (nSPS) is 12.4. The first-order chi connectivity index (χ1) is 10.9. The maximum Gasteiger partial charge on any atom is 0.185 e. The maximum atomic E-state index is 5.12. The van der Waals surface area contributed by atoms with Gasteiger partial charge in [-0.3, -0.25) is 9.34 Å². The molecule has 6 nitrogen and oxygen atoms in total. The van der Waals surface area contributed by atoms with Crippen molar-refractivity contribution in [1.29, 1.82) is 0 Å². The van der Waals surface area contributed by atoms with Gasteiger partial charge in [0.1, 0.15) is 0 Å². The van der Waals surface area contributed by atoms with Crippen molar-refractivity contribution in [2.45, 2.75) is 19.8 Å². The second kappa shape index (κ2) is 12.0. The third kappa shape index (κ3) is 6.87. The van der Waals surface area contributed by atoms with Crippen LogP contribution >= 0.6 is 7.51 Å². The second-order valence-corrected chi connectivity index (χ2v) is 9.47. The highest BCUT2D eigenvalue weighted by Crippen LogP contribution is 2.55. The minimum atomic E-state index is -2.00. The van der Waals surface area contributed by atoms with Crippen LogP contribution in [0.3, 0.4) is 0 Å². The van der Waals surface area contributed by atoms with Gasteiger partial charge in [0.25, 0.3) is 0 Å². The number of nitrogens with one attached hydrogen (secondary N) is 1. The van der Waals surface area contributed by atoms with Crippen molar-refractivity contribution < 1.29 is 0 Å². The van der Waals surface area contributed by atoms with E-state index >= 15 is 0 Å².